The van der Waals surface area contributed by atoms with E-state index in [2.05, 4.69) is 15.0 Å². The maximum Gasteiger partial charge on any atom is 0.258 e. The highest BCUT2D eigenvalue weighted by Crippen LogP contribution is 2.18. The summed E-state index contributed by atoms with van der Waals surface area (Å²) >= 11 is 1.43. The van der Waals surface area contributed by atoms with E-state index in [1.807, 2.05) is 10.6 Å². The molecule has 3 heterocycles. The van der Waals surface area contributed by atoms with Gasteiger partial charge in [0.2, 0.25) is 0 Å². The predicted octanol–water partition coefficient (Wildman–Crippen LogP) is 1.23. The number of aromatic nitrogens is 4. The van der Waals surface area contributed by atoms with Gasteiger partial charge < -0.3 is 10.3 Å². The molecular formula is C12H11N5OS. The molecule has 1 amide bonds. The molecule has 0 aromatic carbocycles. The van der Waals surface area contributed by atoms with Crippen LogP contribution in [0.2, 0.25) is 0 Å². The second-order valence-electron chi connectivity index (χ2n) is 4.05. The van der Waals surface area contributed by atoms with Gasteiger partial charge in [-0.2, -0.15) is 0 Å². The Kier molecular flexibility index (Phi) is 2.96. The van der Waals surface area contributed by atoms with Crippen molar-refractivity contribution in [2.24, 2.45) is 5.73 Å². The lowest BCUT2D eigenvalue weighted by molar-refractivity contribution is 0.100. The monoisotopic (exact) mass is 273 g/mol. The maximum atomic E-state index is 11.0. The molecule has 3 rings (SSSR count). The van der Waals surface area contributed by atoms with Crippen LogP contribution in [0.5, 0.6) is 0 Å². The molecule has 0 radical (unpaired) electrons. The van der Waals surface area contributed by atoms with Crippen LogP contribution < -0.4 is 5.73 Å². The Labute approximate surface area is 112 Å². The smallest absolute Gasteiger partial charge is 0.258 e. The van der Waals surface area contributed by atoms with E-state index >= 15 is 0 Å². The van der Waals surface area contributed by atoms with Crippen LogP contribution in [-0.2, 0) is 13.0 Å². The third kappa shape index (κ3) is 2.32. The molecule has 7 heteroatoms. The second-order valence-corrected chi connectivity index (χ2v) is 5.22. The van der Waals surface area contributed by atoms with Crippen LogP contribution in [0.25, 0.3) is 11.2 Å². The van der Waals surface area contributed by atoms with Gasteiger partial charge in [0.05, 0.1) is 17.4 Å². The summed E-state index contributed by atoms with van der Waals surface area (Å²) in [5.41, 5.74) is 6.84. The van der Waals surface area contributed by atoms with Gasteiger partial charge in [0.1, 0.15) is 11.8 Å². The van der Waals surface area contributed by atoms with Crippen molar-refractivity contribution in [2.75, 3.05) is 0 Å². The Morgan fingerprint density at radius 2 is 2.26 bits per heavy atom. The van der Waals surface area contributed by atoms with E-state index in [0.29, 0.717) is 10.5 Å². The van der Waals surface area contributed by atoms with Crippen LogP contribution in [0, 0.1) is 0 Å². The number of rotatable bonds is 4. The van der Waals surface area contributed by atoms with Crippen molar-refractivity contribution < 1.29 is 4.79 Å². The highest BCUT2D eigenvalue weighted by atomic mass is 32.1. The molecule has 0 spiro atoms. The first-order valence-corrected chi connectivity index (χ1v) is 6.55. The molecule has 0 fully saturated rings. The average Bonchev–Trinajstić information content (AvgIpc) is 3.03. The molecule has 0 saturated carbocycles. The standard InChI is InChI=1S/C12H11N5OS/c13-11(18)10-2-1-8(19-10)3-4-17-7-16-12-9(17)5-14-6-15-12/h1-2,5-7H,3-4H2,(H2,13,18). The Balaban J connectivity index is 1.76. The van der Waals surface area contributed by atoms with Crippen molar-refractivity contribution in [3.8, 4) is 0 Å². The van der Waals surface area contributed by atoms with Crippen molar-refractivity contribution >= 4 is 28.4 Å². The summed E-state index contributed by atoms with van der Waals surface area (Å²) in [7, 11) is 0. The Bertz CT molecular complexity index is 732. The summed E-state index contributed by atoms with van der Waals surface area (Å²) in [5, 5.41) is 0. The first-order chi connectivity index (χ1) is 9.24. The molecule has 0 aliphatic heterocycles. The van der Waals surface area contributed by atoms with Gasteiger partial charge in [-0.1, -0.05) is 0 Å². The molecule has 0 aliphatic rings. The molecule has 0 saturated heterocycles. The second kappa shape index (κ2) is 4.77. The molecule has 0 unspecified atom stereocenters. The quantitative estimate of drug-likeness (QED) is 0.774. The average molecular weight is 273 g/mol. The van der Waals surface area contributed by atoms with Gasteiger partial charge in [-0.05, 0) is 18.6 Å². The lowest BCUT2D eigenvalue weighted by atomic mass is 10.3. The summed E-state index contributed by atoms with van der Waals surface area (Å²) in [6, 6.07) is 3.69. The van der Waals surface area contributed by atoms with Gasteiger partial charge in [0.25, 0.3) is 5.91 Å². The van der Waals surface area contributed by atoms with E-state index in [4.69, 9.17) is 5.73 Å². The summed E-state index contributed by atoms with van der Waals surface area (Å²) in [6.45, 7) is 0.766. The number of imidazole rings is 1. The normalized spacial score (nSPS) is 10.9. The van der Waals surface area contributed by atoms with Crippen LogP contribution in [0.1, 0.15) is 14.5 Å². The number of thiophene rings is 1. The lowest BCUT2D eigenvalue weighted by Gasteiger charge is -2.01. The van der Waals surface area contributed by atoms with Crippen molar-refractivity contribution in [3.63, 3.8) is 0 Å². The number of primary amides is 1. The third-order valence-electron chi connectivity index (χ3n) is 2.81. The topological polar surface area (TPSA) is 86.7 Å². The fraction of sp³-hybridized carbons (Fsp3) is 0.167. The molecule has 6 nitrogen and oxygen atoms in total. The minimum Gasteiger partial charge on any atom is -0.365 e. The first-order valence-electron chi connectivity index (χ1n) is 5.73. The van der Waals surface area contributed by atoms with E-state index in [0.717, 1.165) is 23.4 Å². The summed E-state index contributed by atoms with van der Waals surface area (Å²) in [4.78, 5) is 25.0. The molecule has 3 aromatic heterocycles. The number of hydrogen-bond donors (Lipinski definition) is 1. The molecule has 19 heavy (non-hydrogen) atoms. The van der Waals surface area contributed by atoms with E-state index in [1.165, 1.54) is 17.7 Å². The number of nitrogens with zero attached hydrogens (tertiary/aromatic N) is 4. The minimum absolute atomic E-state index is 0.377. The van der Waals surface area contributed by atoms with Crippen molar-refractivity contribution in [2.45, 2.75) is 13.0 Å². The minimum atomic E-state index is -0.377. The molecule has 0 atom stereocenters. The van der Waals surface area contributed by atoms with E-state index in [-0.39, 0.29) is 5.91 Å². The van der Waals surface area contributed by atoms with Crippen LogP contribution in [0.15, 0.2) is 31.0 Å². The highest BCUT2D eigenvalue weighted by molar-refractivity contribution is 7.14. The van der Waals surface area contributed by atoms with Crippen molar-refractivity contribution in [3.05, 3.63) is 40.7 Å². The largest absolute Gasteiger partial charge is 0.365 e. The highest BCUT2D eigenvalue weighted by Gasteiger charge is 2.07. The molecule has 0 aliphatic carbocycles. The van der Waals surface area contributed by atoms with E-state index < -0.39 is 0 Å². The summed E-state index contributed by atoms with van der Waals surface area (Å²) in [6.07, 6.45) is 5.80. The number of carbonyl (C=O) groups excluding carboxylic acids is 1. The third-order valence-corrected chi connectivity index (χ3v) is 3.96. The number of amides is 1. The lowest BCUT2D eigenvalue weighted by Crippen LogP contribution is -2.08. The number of aryl methyl sites for hydroxylation is 2. The molecular weight excluding hydrogens is 262 g/mol. The van der Waals surface area contributed by atoms with Gasteiger partial charge in [0, 0.05) is 11.4 Å². The molecule has 2 N–H and O–H groups in total. The van der Waals surface area contributed by atoms with E-state index in [9.17, 15) is 4.79 Å². The van der Waals surface area contributed by atoms with Crippen LogP contribution in [-0.4, -0.2) is 25.4 Å². The maximum absolute atomic E-state index is 11.0. The summed E-state index contributed by atoms with van der Waals surface area (Å²) in [5.74, 6) is -0.377. The Morgan fingerprint density at radius 1 is 1.37 bits per heavy atom. The zero-order valence-corrected chi connectivity index (χ0v) is 10.8. The zero-order chi connectivity index (χ0) is 13.2. The van der Waals surface area contributed by atoms with Gasteiger partial charge in [-0.3, -0.25) is 4.79 Å². The number of hydrogen-bond acceptors (Lipinski definition) is 5. The number of carbonyl (C=O) groups is 1. The van der Waals surface area contributed by atoms with Crippen molar-refractivity contribution in [1.29, 1.82) is 0 Å². The Morgan fingerprint density at radius 3 is 3.05 bits per heavy atom. The molecule has 96 valence electrons. The van der Waals surface area contributed by atoms with Crippen LogP contribution >= 0.6 is 11.3 Å². The predicted molar refractivity (Wildman–Crippen MR) is 71.9 cm³/mol. The van der Waals surface area contributed by atoms with Crippen molar-refractivity contribution in [1.82, 2.24) is 19.5 Å². The first kappa shape index (κ1) is 11.8. The van der Waals surface area contributed by atoms with E-state index in [1.54, 1.807) is 18.6 Å². The van der Waals surface area contributed by atoms with Gasteiger partial charge in [-0.25, -0.2) is 15.0 Å². The van der Waals surface area contributed by atoms with Crippen LogP contribution in [0.4, 0.5) is 0 Å². The SMILES string of the molecule is NC(=O)c1ccc(CCn2cnc3ncncc32)s1. The van der Waals surface area contributed by atoms with Gasteiger partial charge in [0.15, 0.2) is 5.65 Å². The fourth-order valence-electron chi connectivity index (χ4n) is 1.86. The Hall–Kier alpha value is -2.28. The fourth-order valence-corrected chi connectivity index (χ4v) is 2.71. The number of fused-ring (bicyclic) bond motifs is 1. The summed E-state index contributed by atoms with van der Waals surface area (Å²) < 4.78 is 2.00. The number of nitrogens with two attached hydrogens (primary N) is 1. The zero-order valence-electron chi connectivity index (χ0n) is 9.98. The van der Waals surface area contributed by atoms with Gasteiger partial charge in [-0.15, -0.1) is 11.3 Å². The van der Waals surface area contributed by atoms with Gasteiger partial charge >= 0.3 is 0 Å². The van der Waals surface area contributed by atoms with Crippen LogP contribution in [0.3, 0.4) is 0 Å². The molecule has 0 bridgehead atoms. The molecule has 3 aromatic rings.